The molecule has 2 heterocycles. The molecule has 2 aromatic carbocycles. The molecule has 7 nitrogen and oxygen atoms in total. The van der Waals surface area contributed by atoms with Crippen LogP contribution in [-0.2, 0) is 27.7 Å². The average molecular weight is 516 g/mol. The highest BCUT2D eigenvalue weighted by Crippen LogP contribution is 2.35. The number of pyridine rings is 1. The zero-order chi connectivity index (χ0) is 26.3. The lowest BCUT2D eigenvalue weighted by molar-refractivity contribution is -0.120. The number of fused-ring (bicyclic) bond motifs is 1. The van der Waals surface area contributed by atoms with Gasteiger partial charge in [0.15, 0.2) is 0 Å². The van der Waals surface area contributed by atoms with Crippen LogP contribution >= 0.6 is 0 Å². The predicted molar refractivity (Wildman–Crippen MR) is 142 cm³/mol. The second-order valence-electron chi connectivity index (χ2n) is 9.66. The molecule has 0 saturated carbocycles. The van der Waals surface area contributed by atoms with E-state index in [1.807, 2.05) is 50.2 Å². The van der Waals surface area contributed by atoms with Crippen LogP contribution in [0.25, 0.3) is 11.1 Å². The Labute approximate surface area is 217 Å². The highest BCUT2D eigenvalue weighted by atomic mass is 32.2. The Morgan fingerprint density at radius 1 is 0.973 bits per heavy atom. The molecule has 2 aromatic heterocycles. The van der Waals surface area contributed by atoms with Gasteiger partial charge in [-0.1, -0.05) is 47.6 Å². The first kappa shape index (κ1) is 24.9. The Balaban J connectivity index is 1.43. The third-order valence-corrected chi connectivity index (χ3v) is 8.53. The lowest BCUT2D eigenvalue weighted by Crippen LogP contribution is -2.24. The molecule has 1 unspecified atom stereocenters. The van der Waals surface area contributed by atoms with Crippen LogP contribution < -0.4 is 4.72 Å². The minimum Gasteiger partial charge on any atom is -0.337 e. The number of hydrogen-bond donors (Lipinski definition) is 1. The fourth-order valence-electron chi connectivity index (χ4n) is 5.02. The fraction of sp³-hybridized carbons (Fsp3) is 0.276. The molecule has 0 amide bonds. The van der Waals surface area contributed by atoms with Crippen molar-refractivity contribution in [3.05, 3.63) is 93.9 Å². The normalized spacial score (nSPS) is 15.5. The molecule has 0 spiro atoms. The molecule has 1 N–H and O–H groups in total. The molecule has 0 aliphatic heterocycles. The molecular weight excluding hydrogens is 486 g/mol. The minimum absolute atomic E-state index is 0.112. The van der Waals surface area contributed by atoms with Crippen molar-refractivity contribution in [1.82, 2.24) is 10.1 Å². The summed E-state index contributed by atoms with van der Waals surface area (Å²) in [7, 11) is -3.92. The highest BCUT2D eigenvalue weighted by Gasteiger charge is 2.29. The molecule has 1 aliphatic rings. The maximum atomic E-state index is 13.3. The van der Waals surface area contributed by atoms with Crippen molar-refractivity contribution in [2.45, 2.75) is 57.8 Å². The van der Waals surface area contributed by atoms with E-state index in [0.717, 1.165) is 34.5 Å². The minimum atomic E-state index is -3.92. The van der Waals surface area contributed by atoms with Crippen molar-refractivity contribution < 1.29 is 17.7 Å². The summed E-state index contributed by atoms with van der Waals surface area (Å²) in [6.07, 6.45) is 1.87. The molecule has 0 bridgehead atoms. The van der Waals surface area contributed by atoms with E-state index in [1.165, 1.54) is 5.56 Å². The predicted octanol–water partition coefficient (Wildman–Crippen LogP) is 5.61. The van der Waals surface area contributed by atoms with Gasteiger partial charge in [0, 0.05) is 34.9 Å². The first-order valence-electron chi connectivity index (χ1n) is 12.3. The molecule has 1 atom stereocenters. The van der Waals surface area contributed by atoms with Crippen molar-refractivity contribution in [3.63, 3.8) is 0 Å². The van der Waals surface area contributed by atoms with E-state index in [1.54, 1.807) is 32.0 Å². The Hall–Kier alpha value is -3.78. The van der Waals surface area contributed by atoms with Crippen LogP contribution in [0.3, 0.4) is 0 Å². The summed E-state index contributed by atoms with van der Waals surface area (Å²) in [6, 6.07) is 16.7. The molecule has 1 aliphatic carbocycles. The summed E-state index contributed by atoms with van der Waals surface area (Å²) in [5, 5.41) is 3.83. The molecule has 0 saturated heterocycles. The number of carbonyl (C=O) groups excluding carboxylic acids is 1. The quantitative estimate of drug-likeness (QED) is 0.358. The second kappa shape index (κ2) is 9.59. The Kier molecular flexibility index (Phi) is 6.45. The summed E-state index contributed by atoms with van der Waals surface area (Å²) in [4.78, 5) is 17.6. The van der Waals surface area contributed by atoms with Gasteiger partial charge in [0.05, 0.1) is 10.6 Å². The van der Waals surface area contributed by atoms with E-state index in [4.69, 9.17) is 4.52 Å². The van der Waals surface area contributed by atoms with Gasteiger partial charge in [-0.25, -0.2) is 13.1 Å². The van der Waals surface area contributed by atoms with E-state index >= 15 is 0 Å². The van der Waals surface area contributed by atoms with Crippen LogP contribution in [0.5, 0.6) is 0 Å². The van der Waals surface area contributed by atoms with Gasteiger partial charge in [0.25, 0.3) is 10.0 Å². The van der Waals surface area contributed by atoms with Crippen LogP contribution in [0.15, 0.2) is 64.0 Å². The topological polar surface area (TPSA) is 102 Å². The summed E-state index contributed by atoms with van der Waals surface area (Å²) in [5.74, 6) is 0.170. The number of nitrogens with zero attached hydrogens (tertiary/aromatic N) is 2. The van der Waals surface area contributed by atoms with Crippen molar-refractivity contribution in [3.8, 4) is 11.1 Å². The van der Waals surface area contributed by atoms with Gasteiger partial charge in [-0.2, -0.15) is 0 Å². The Bertz CT molecular complexity index is 1600. The summed E-state index contributed by atoms with van der Waals surface area (Å²) >= 11 is 0. The number of hydrogen-bond acceptors (Lipinski definition) is 6. The number of rotatable bonds is 6. The van der Waals surface area contributed by atoms with Crippen LogP contribution in [0.4, 0.5) is 5.88 Å². The number of Topliss-reactive ketones (excluding diaryl/α,β-unsaturated/α-hetero) is 1. The Morgan fingerprint density at radius 2 is 1.70 bits per heavy atom. The van der Waals surface area contributed by atoms with Gasteiger partial charge in [0.1, 0.15) is 5.78 Å². The smallest absolute Gasteiger partial charge is 0.264 e. The largest absolute Gasteiger partial charge is 0.337 e. The molecule has 190 valence electrons. The van der Waals surface area contributed by atoms with Crippen molar-refractivity contribution in [2.75, 3.05) is 4.72 Å². The third-order valence-electron chi connectivity index (χ3n) is 7.14. The van der Waals surface area contributed by atoms with Gasteiger partial charge >= 0.3 is 0 Å². The molecular formula is C29H29N3O4S. The molecule has 5 rings (SSSR count). The molecule has 8 heteroatoms. The first-order valence-corrected chi connectivity index (χ1v) is 13.8. The zero-order valence-corrected chi connectivity index (χ0v) is 22.1. The number of aryl methyl sites for hydroxylation is 3. The van der Waals surface area contributed by atoms with E-state index in [9.17, 15) is 13.2 Å². The third kappa shape index (κ3) is 4.81. The number of ketones is 1. The van der Waals surface area contributed by atoms with Crippen LogP contribution in [0, 0.1) is 27.7 Å². The van der Waals surface area contributed by atoms with Gasteiger partial charge in [0.2, 0.25) is 5.88 Å². The first-order chi connectivity index (χ1) is 17.6. The zero-order valence-electron chi connectivity index (χ0n) is 21.3. The highest BCUT2D eigenvalue weighted by molar-refractivity contribution is 7.92. The number of carbonyl (C=O) groups is 1. The maximum absolute atomic E-state index is 13.3. The van der Waals surface area contributed by atoms with Crippen LogP contribution in [0.2, 0.25) is 0 Å². The number of anilines is 1. The number of benzene rings is 2. The van der Waals surface area contributed by atoms with Gasteiger partial charge in [-0.3, -0.25) is 9.78 Å². The summed E-state index contributed by atoms with van der Waals surface area (Å²) < 4.78 is 34.2. The molecule has 37 heavy (non-hydrogen) atoms. The van der Waals surface area contributed by atoms with Crippen molar-refractivity contribution in [2.24, 2.45) is 0 Å². The van der Waals surface area contributed by atoms with Gasteiger partial charge < -0.3 is 4.52 Å². The monoisotopic (exact) mass is 515 g/mol. The maximum Gasteiger partial charge on any atom is 0.264 e. The molecule has 4 aromatic rings. The number of sulfonamides is 1. The van der Waals surface area contributed by atoms with E-state index in [-0.39, 0.29) is 22.5 Å². The van der Waals surface area contributed by atoms with Gasteiger partial charge in [-0.05, 0) is 74.9 Å². The van der Waals surface area contributed by atoms with Gasteiger partial charge in [-0.15, -0.1) is 0 Å². The SMILES string of the molecule is Cc1cc2c(c(C)n1)CCC(=O)C2Cc1ccc(-c2ccccc2S(=O)(=O)Nc2onc(C)c2C)cc1. The van der Waals surface area contributed by atoms with E-state index < -0.39 is 10.0 Å². The lowest BCUT2D eigenvalue weighted by atomic mass is 9.78. The van der Waals surface area contributed by atoms with E-state index in [0.29, 0.717) is 29.7 Å². The standard InChI is InChI=1S/C29H29N3O4S/c1-17-15-25-23(20(4)30-17)13-14-27(33)26(25)16-21-9-11-22(12-10-21)24-7-5-6-8-28(24)37(34,35)32-29-18(2)19(3)31-36-29/h5-12,15,26,32H,13-14,16H2,1-4H3. The van der Waals surface area contributed by atoms with Crippen LogP contribution in [-0.4, -0.2) is 24.3 Å². The second-order valence-corrected chi connectivity index (χ2v) is 11.3. The van der Waals surface area contributed by atoms with Crippen molar-refractivity contribution in [1.29, 1.82) is 0 Å². The number of nitrogens with one attached hydrogen (secondary N) is 1. The van der Waals surface area contributed by atoms with Crippen LogP contribution in [0.1, 0.15) is 51.7 Å². The molecule has 0 fully saturated rings. The lowest BCUT2D eigenvalue weighted by Gasteiger charge is -2.26. The number of aromatic nitrogens is 2. The molecule has 0 radical (unpaired) electrons. The fourth-order valence-corrected chi connectivity index (χ4v) is 6.30. The summed E-state index contributed by atoms with van der Waals surface area (Å²) in [5.41, 5.74) is 7.84. The summed E-state index contributed by atoms with van der Waals surface area (Å²) in [6.45, 7) is 7.48. The Morgan fingerprint density at radius 3 is 2.41 bits per heavy atom. The average Bonchev–Trinajstić information content (AvgIpc) is 3.18. The van der Waals surface area contributed by atoms with Crippen molar-refractivity contribution >= 4 is 21.7 Å². The van der Waals surface area contributed by atoms with E-state index in [2.05, 4.69) is 14.9 Å².